The zero-order valence-electron chi connectivity index (χ0n) is 14.8. The molecule has 1 aliphatic rings. The maximum Gasteiger partial charge on any atom is 0.311 e. The first-order chi connectivity index (χ1) is 13.4. The molecule has 1 aliphatic heterocycles. The molecule has 2 aromatic rings. The Morgan fingerprint density at radius 2 is 2.14 bits per heavy atom. The number of nitrogens with zero attached hydrogens (tertiary/aromatic N) is 2. The summed E-state index contributed by atoms with van der Waals surface area (Å²) in [7, 11) is 1.34. The average molecular weight is 404 g/mol. The largest absolute Gasteiger partial charge is 0.494 e. The molecule has 10 heteroatoms. The van der Waals surface area contributed by atoms with Crippen molar-refractivity contribution >= 4 is 40.4 Å². The molecule has 1 aromatic heterocycles. The summed E-state index contributed by atoms with van der Waals surface area (Å²) in [5, 5.41) is 12.7. The highest BCUT2D eigenvalue weighted by atomic mass is 32.1. The van der Waals surface area contributed by atoms with E-state index in [1.807, 2.05) is 0 Å². The number of hydrogen-bond acceptors (Lipinski definition) is 8. The number of Topliss-reactive ketones (excluding diaryl/α,β-unsaturated/α-hetero) is 1. The SMILES string of the molecule is COc1cc([N+](=O)[O-])ccc1N1C[C@H](C(=O)OCC(=O)c2cccs2)CC1=O. The molecule has 3 rings (SSSR count). The molecule has 1 aromatic carbocycles. The number of thiophene rings is 1. The van der Waals surface area contributed by atoms with Crippen LogP contribution in [0.5, 0.6) is 5.75 Å². The third-order valence-corrected chi connectivity index (χ3v) is 5.18. The minimum absolute atomic E-state index is 0.0407. The van der Waals surface area contributed by atoms with Crippen LogP contribution in [0.25, 0.3) is 0 Å². The van der Waals surface area contributed by atoms with Crippen molar-refractivity contribution in [1.29, 1.82) is 0 Å². The number of amides is 1. The number of methoxy groups -OCH3 is 1. The maximum atomic E-state index is 12.4. The molecular formula is C18H16N2O7S. The third kappa shape index (κ3) is 4.01. The topological polar surface area (TPSA) is 116 Å². The molecule has 1 fully saturated rings. The normalized spacial score (nSPS) is 16.1. The number of benzene rings is 1. The number of ketones is 1. The monoisotopic (exact) mass is 404 g/mol. The van der Waals surface area contributed by atoms with Gasteiger partial charge in [-0.05, 0) is 17.5 Å². The van der Waals surface area contributed by atoms with Crippen LogP contribution in [0, 0.1) is 16.0 Å². The van der Waals surface area contributed by atoms with Crippen molar-refractivity contribution in [1.82, 2.24) is 0 Å². The van der Waals surface area contributed by atoms with Gasteiger partial charge in [-0.1, -0.05) is 6.07 Å². The van der Waals surface area contributed by atoms with Crippen molar-refractivity contribution in [3.8, 4) is 5.75 Å². The molecular weight excluding hydrogens is 388 g/mol. The van der Waals surface area contributed by atoms with Crippen LogP contribution in [-0.4, -0.2) is 42.8 Å². The summed E-state index contributed by atoms with van der Waals surface area (Å²) >= 11 is 1.26. The Morgan fingerprint density at radius 3 is 2.79 bits per heavy atom. The van der Waals surface area contributed by atoms with Gasteiger partial charge < -0.3 is 14.4 Å². The number of carbonyl (C=O) groups excluding carboxylic acids is 3. The molecule has 0 aliphatic carbocycles. The zero-order chi connectivity index (χ0) is 20.3. The Labute approximate surface area is 163 Å². The molecule has 9 nitrogen and oxygen atoms in total. The van der Waals surface area contributed by atoms with E-state index in [9.17, 15) is 24.5 Å². The summed E-state index contributed by atoms with van der Waals surface area (Å²) in [6, 6.07) is 7.25. The number of rotatable bonds is 7. The van der Waals surface area contributed by atoms with Crippen molar-refractivity contribution in [2.45, 2.75) is 6.42 Å². The number of non-ortho nitro benzene ring substituents is 1. The van der Waals surface area contributed by atoms with E-state index >= 15 is 0 Å². The first-order valence-electron chi connectivity index (χ1n) is 8.27. The van der Waals surface area contributed by atoms with E-state index in [4.69, 9.17) is 9.47 Å². The molecule has 0 spiro atoms. The van der Waals surface area contributed by atoms with Crippen molar-refractivity contribution in [2.75, 3.05) is 25.2 Å². The van der Waals surface area contributed by atoms with E-state index in [1.54, 1.807) is 17.5 Å². The molecule has 1 amide bonds. The van der Waals surface area contributed by atoms with Gasteiger partial charge >= 0.3 is 5.97 Å². The van der Waals surface area contributed by atoms with Gasteiger partial charge in [-0.3, -0.25) is 24.5 Å². The highest BCUT2D eigenvalue weighted by Crippen LogP contribution is 2.36. The van der Waals surface area contributed by atoms with E-state index in [2.05, 4.69) is 0 Å². The Balaban J connectivity index is 1.67. The van der Waals surface area contributed by atoms with Crippen LogP contribution in [0.3, 0.4) is 0 Å². The molecule has 1 atom stereocenters. The summed E-state index contributed by atoms with van der Waals surface area (Å²) in [6.07, 6.45) is -0.0772. The van der Waals surface area contributed by atoms with Gasteiger partial charge in [-0.25, -0.2) is 0 Å². The number of hydrogen-bond donors (Lipinski definition) is 0. The minimum atomic E-state index is -0.733. The molecule has 1 saturated heterocycles. The van der Waals surface area contributed by atoms with Gasteiger partial charge in [0.15, 0.2) is 6.61 Å². The predicted molar refractivity (Wildman–Crippen MR) is 99.7 cm³/mol. The van der Waals surface area contributed by atoms with E-state index in [-0.39, 0.29) is 42.7 Å². The standard InChI is InChI=1S/C18H16N2O7S/c1-26-15-8-12(20(24)25)4-5-13(15)19-9-11(7-17(19)22)18(23)27-10-14(21)16-3-2-6-28-16/h2-6,8,11H,7,9-10H2,1H3/t11-/m1/s1. The lowest BCUT2D eigenvalue weighted by Gasteiger charge is -2.19. The lowest BCUT2D eigenvalue weighted by atomic mass is 10.1. The quantitative estimate of drug-likeness (QED) is 0.301. The van der Waals surface area contributed by atoms with E-state index < -0.39 is 16.8 Å². The fourth-order valence-corrected chi connectivity index (χ4v) is 3.52. The summed E-state index contributed by atoms with van der Waals surface area (Å²) < 4.78 is 10.2. The first kappa shape index (κ1) is 19.5. The van der Waals surface area contributed by atoms with Crippen LogP contribution in [0.1, 0.15) is 16.1 Å². The molecule has 0 N–H and O–H groups in total. The van der Waals surface area contributed by atoms with Crippen molar-refractivity contribution < 1.29 is 28.8 Å². The van der Waals surface area contributed by atoms with E-state index in [1.165, 1.54) is 41.5 Å². The van der Waals surface area contributed by atoms with Crippen molar-refractivity contribution in [3.63, 3.8) is 0 Å². The van der Waals surface area contributed by atoms with Crippen molar-refractivity contribution in [2.24, 2.45) is 5.92 Å². The lowest BCUT2D eigenvalue weighted by molar-refractivity contribution is -0.384. The van der Waals surface area contributed by atoms with Gasteiger partial charge in [0.2, 0.25) is 11.7 Å². The minimum Gasteiger partial charge on any atom is -0.494 e. The van der Waals surface area contributed by atoms with Gasteiger partial charge in [0.1, 0.15) is 5.75 Å². The maximum absolute atomic E-state index is 12.4. The second-order valence-corrected chi connectivity index (χ2v) is 6.97. The van der Waals surface area contributed by atoms with Crippen LogP contribution < -0.4 is 9.64 Å². The number of esters is 1. The van der Waals surface area contributed by atoms with E-state index in [0.717, 1.165) is 0 Å². The number of nitro benzene ring substituents is 1. The van der Waals surface area contributed by atoms with Crippen LogP contribution in [0.4, 0.5) is 11.4 Å². The molecule has 0 bridgehead atoms. The van der Waals surface area contributed by atoms with Gasteiger partial charge in [0.05, 0.1) is 34.6 Å². The average Bonchev–Trinajstić information content (AvgIpc) is 3.35. The Kier molecular flexibility index (Phi) is 5.69. The fraction of sp³-hybridized carbons (Fsp3) is 0.278. The molecule has 0 radical (unpaired) electrons. The highest BCUT2D eigenvalue weighted by Gasteiger charge is 2.37. The molecule has 146 valence electrons. The van der Waals surface area contributed by atoms with Crippen LogP contribution in [-0.2, 0) is 14.3 Å². The smallest absolute Gasteiger partial charge is 0.311 e. The molecule has 2 heterocycles. The van der Waals surface area contributed by atoms with E-state index in [0.29, 0.717) is 10.6 Å². The Bertz CT molecular complexity index is 926. The van der Waals surface area contributed by atoms with Crippen LogP contribution >= 0.6 is 11.3 Å². The second-order valence-electron chi connectivity index (χ2n) is 6.03. The first-order valence-corrected chi connectivity index (χ1v) is 9.14. The Hall–Kier alpha value is -3.27. The molecule has 0 saturated carbocycles. The molecule has 28 heavy (non-hydrogen) atoms. The van der Waals surface area contributed by atoms with Crippen molar-refractivity contribution in [3.05, 3.63) is 50.7 Å². The summed E-state index contributed by atoms with van der Waals surface area (Å²) in [5.74, 6) is -1.85. The lowest BCUT2D eigenvalue weighted by Crippen LogP contribution is -2.27. The summed E-state index contributed by atoms with van der Waals surface area (Å²) in [5.41, 5.74) is 0.165. The second kappa shape index (κ2) is 8.17. The predicted octanol–water partition coefficient (Wildman–Crippen LogP) is 2.44. The zero-order valence-corrected chi connectivity index (χ0v) is 15.6. The highest BCUT2D eigenvalue weighted by molar-refractivity contribution is 7.12. The van der Waals surface area contributed by atoms with Crippen LogP contribution in [0.15, 0.2) is 35.7 Å². The molecule has 0 unspecified atom stereocenters. The number of anilines is 1. The number of ether oxygens (including phenoxy) is 2. The summed E-state index contributed by atoms with van der Waals surface area (Å²) in [4.78, 5) is 48.7. The van der Waals surface area contributed by atoms with Crippen LogP contribution in [0.2, 0.25) is 0 Å². The van der Waals surface area contributed by atoms with Gasteiger partial charge in [0, 0.05) is 19.0 Å². The van der Waals surface area contributed by atoms with Gasteiger partial charge in [-0.2, -0.15) is 0 Å². The van der Waals surface area contributed by atoms with Gasteiger partial charge in [-0.15, -0.1) is 11.3 Å². The fourth-order valence-electron chi connectivity index (χ4n) is 2.86. The Morgan fingerprint density at radius 1 is 1.36 bits per heavy atom. The summed E-state index contributed by atoms with van der Waals surface area (Å²) in [6.45, 7) is -0.343. The number of carbonyl (C=O) groups is 3. The number of nitro groups is 1. The third-order valence-electron chi connectivity index (χ3n) is 4.26. The van der Waals surface area contributed by atoms with Gasteiger partial charge in [0.25, 0.3) is 5.69 Å².